The van der Waals surface area contributed by atoms with Crippen molar-refractivity contribution in [2.45, 2.75) is 20.1 Å². The quantitative estimate of drug-likeness (QED) is 0.155. The van der Waals surface area contributed by atoms with Crippen LogP contribution >= 0.6 is 11.6 Å². The summed E-state index contributed by atoms with van der Waals surface area (Å²) < 4.78 is 12.0. The molecule has 0 heterocycles. The lowest BCUT2D eigenvalue weighted by Crippen LogP contribution is -2.17. The van der Waals surface area contributed by atoms with Gasteiger partial charge in [0.05, 0.1) is 6.21 Å². The van der Waals surface area contributed by atoms with Crippen molar-refractivity contribution < 1.29 is 14.3 Å². The van der Waals surface area contributed by atoms with Crippen LogP contribution in [-0.2, 0) is 13.2 Å². The van der Waals surface area contributed by atoms with Crippen LogP contribution in [0.25, 0.3) is 10.8 Å². The second-order valence-corrected chi connectivity index (χ2v) is 9.48. The van der Waals surface area contributed by atoms with Gasteiger partial charge in [-0.25, -0.2) is 5.43 Å². The summed E-state index contributed by atoms with van der Waals surface area (Å²) in [6.45, 7) is 2.82. The second-order valence-electron chi connectivity index (χ2n) is 9.08. The highest BCUT2D eigenvalue weighted by Gasteiger charge is 2.10. The number of carbonyl (C=O) groups is 1. The van der Waals surface area contributed by atoms with Crippen LogP contribution in [0.15, 0.2) is 114 Å². The Kier molecular flexibility index (Phi) is 8.20. The van der Waals surface area contributed by atoms with E-state index in [0.717, 1.165) is 27.5 Å². The molecule has 5 nitrogen and oxygen atoms in total. The standard InChI is InChI=1S/C33H27ClN2O3/c1-23-10-12-24(13-11-23)21-38-28-17-14-26(15-18-28)33(37)36-35-20-30-29-8-4-2-6-25(29)16-19-32(30)39-22-27-7-3-5-9-31(27)34/h2-20H,21-22H2,1H3,(H,36,37). The Morgan fingerprint density at radius 1 is 0.821 bits per heavy atom. The minimum Gasteiger partial charge on any atom is -0.489 e. The third kappa shape index (κ3) is 6.64. The molecule has 5 aromatic rings. The Hall–Kier alpha value is -4.61. The molecule has 5 aromatic carbocycles. The van der Waals surface area contributed by atoms with Crippen LogP contribution < -0.4 is 14.9 Å². The third-order valence-electron chi connectivity index (χ3n) is 6.27. The Balaban J connectivity index is 1.26. The van der Waals surface area contributed by atoms with Gasteiger partial charge in [0.15, 0.2) is 0 Å². The van der Waals surface area contributed by atoms with Crippen molar-refractivity contribution in [1.29, 1.82) is 0 Å². The predicted molar refractivity (Wildman–Crippen MR) is 157 cm³/mol. The summed E-state index contributed by atoms with van der Waals surface area (Å²) in [6.07, 6.45) is 1.61. The molecule has 0 aliphatic rings. The van der Waals surface area contributed by atoms with Gasteiger partial charge in [0.1, 0.15) is 24.7 Å². The van der Waals surface area contributed by atoms with Gasteiger partial charge in [-0.3, -0.25) is 4.79 Å². The number of halogens is 1. The first-order valence-electron chi connectivity index (χ1n) is 12.6. The SMILES string of the molecule is Cc1ccc(COc2ccc(C(=O)NN=Cc3c(OCc4ccccc4Cl)ccc4ccccc34)cc2)cc1. The predicted octanol–water partition coefficient (Wildman–Crippen LogP) is 7.72. The van der Waals surface area contributed by atoms with Crippen molar-refractivity contribution in [3.05, 3.63) is 142 Å². The maximum atomic E-state index is 12.7. The molecular weight excluding hydrogens is 508 g/mol. The highest BCUT2D eigenvalue weighted by atomic mass is 35.5. The number of hydrogen-bond donors (Lipinski definition) is 1. The van der Waals surface area contributed by atoms with E-state index in [1.54, 1.807) is 30.5 Å². The van der Waals surface area contributed by atoms with Crippen LogP contribution in [0.2, 0.25) is 5.02 Å². The lowest BCUT2D eigenvalue weighted by atomic mass is 10.0. The van der Waals surface area contributed by atoms with Gasteiger partial charge in [-0.1, -0.05) is 90.0 Å². The molecule has 0 fully saturated rings. The molecule has 0 bridgehead atoms. The van der Waals surface area contributed by atoms with Crippen LogP contribution in [0.3, 0.4) is 0 Å². The lowest BCUT2D eigenvalue weighted by molar-refractivity contribution is 0.0955. The van der Waals surface area contributed by atoms with Crippen molar-refractivity contribution >= 4 is 34.5 Å². The summed E-state index contributed by atoms with van der Waals surface area (Å²) in [5.41, 5.74) is 7.03. The monoisotopic (exact) mass is 534 g/mol. The van der Waals surface area contributed by atoms with Crippen LogP contribution in [-0.4, -0.2) is 12.1 Å². The lowest BCUT2D eigenvalue weighted by Gasteiger charge is -2.12. The fourth-order valence-electron chi connectivity index (χ4n) is 4.08. The maximum Gasteiger partial charge on any atom is 0.271 e. The van der Waals surface area contributed by atoms with E-state index in [0.29, 0.717) is 35.3 Å². The molecule has 0 saturated heterocycles. The maximum absolute atomic E-state index is 12.7. The molecule has 1 amide bonds. The Bertz CT molecular complexity index is 1610. The van der Waals surface area contributed by atoms with E-state index >= 15 is 0 Å². The molecule has 39 heavy (non-hydrogen) atoms. The number of hydrazone groups is 1. The number of nitrogens with one attached hydrogen (secondary N) is 1. The average Bonchev–Trinajstić information content (AvgIpc) is 2.97. The van der Waals surface area contributed by atoms with Crippen LogP contribution in [0.5, 0.6) is 11.5 Å². The summed E-state index contributed by atoms with van der Waals surface area (Å²) in [6, 6.07) is 34.6. The highest BCUT2D eigenvalue weighted by Crippen LogP contribution is 2.28. The zero-order valence-corrected chi connectivity index (χ0v) is 22.2. The van der Waals surface area contributed by atoms with Crippen LogP contribution in [0.1, 0.15) is 32.6 Å². The van der Waals surface area contributed by atoms with Crippen LogP contribution in [0, 0.1) is 6.92 Å². The molecule has 0 saturated carbocycles. The summed E-state index contributed by atoms with van der Waals surface area (Å²) in [7, 11) is 0. The molecular formula is C33H27ClN2O3. The average molecular weight is 535 g/mol. The molecule has 0 aliphatic carbocycles. The third-order valence-corrected chi connectivity index (χ3v) is 6.64. The van der Waals surface area contributed by atoms with Crippen molar-refractivity contribution in [3.8, 4) is 11.5 Å². The number of aryl methyl sites for hydroxylation is 1. The minimum absolute atomic E-state index is 0.309. The smallest absolute Gasteiger partial charge is 0.271 e. The van der Waals surface area contributed by atoms with Gasteiger partial charge in [-0.05, 0) is 59.7 Å². The summed E-state index contributed by atoms with van der Waals surface area (Å²) >= 11 is 6.30. The van der Waals surface area contributed by atoms with E-state index in [1.165, 1.54) is 5.56 Å². The van der Waals surface area contributed by atoms with Gasteiger partial charge in [0, 0.05) is 21.7 Å². The molecule has 5 rings (SSSR count). The van der Waals surface area contributed by atoms with Gasteiger partial charge in [0.2, 0.25) is 0 Å². The van der Waals surface area contributed by atoms with Crippen molar-refractivity contribution in [2.75, 3.05) is 0 Å². The molecule has 0 radical (unpaired) electrons. The number of nitrogens with zero attached hydrogens (tertiary/aromatic N) is 1. The number of benzene rings is 5. The fourth-order valence-corrected chi connectivity index (χ4v) is 4.27. The first kappa shape index (κ1) is 26.0. The largest absolute Gasteiger partial charge is 0.489 e. The topological polar surface area (TPSA) is 59.9 Å². The number of carbonyl (C=O) groups excluding carboxylic acids is 1. The van der Waals surface area contributed by atoms with Gasteiger partial charge in [0.25, 0.3) is 5.91 Å². The van der Waals surface area contributed by atoms with E-state index < -0.39 is 0 Å². The molecule has 194 valence electrons. The van der Waals surface area contributed by atoms with E-state index in [4.69, 9.17) is 21.1 Å². The van der Waals surface area contributed by atoms with Crippen molar-refractivity contribution in [2.24, 2.45) is 5.10 Å². The van der Waals surface area contributed by atoms with E-state index in [2.05, 4.69) is 29.6 Å². The Morgan fingerprint density at radius 3 is 2.36 bits per heavy atom. The van der Waals surface area contributed by atoms with Crippen LogP contribution in [0.4, 0.5) is 0 Å². The van der Waals surface area contributed by atoms with Gasteiger partial charge >= 0.3 is 0 Å². The van der Waals surface area contributed by atoms with Crippen molar-refractivity contribution in [3.63, 3.8) is 0 Å². The number of amides is 1. The normalized spacial score (nSPS) is 11.0. The van der Waals surface area contributed by atoms with Gasteiger partial charge in [-0.2, -0.15) is 5.10 Å². The molecule has 1 N–H and O–H groups in total. The number of fused-ring (bicyclic) bond motifs is 1. The highest BCUT2D eigenvalue weighted by molar-refractivity contribution is 6.31. The molecule has 0 aliphatic heterocycles. The summed E-state index contributed by atoms with van der Waals surface area (Å²) in [5, 5.41) is 6.89. The van der Waals surface area contributed by atoms with E-state index in [1.807, 2.05) is 72.8 Å². The first-order chi connectivity index (χ1) is 19.1. The fraction of sp³-hybridized carbons (Fsp3) is 0.0909. The van der Waals surface area contributed by atoms with Crippen molar-refractivity contribution in [1.82, 2.24) is 5.43 Å². The molecule has 0 atom stereocenters. The number of rotatable bonds is 9. The second kappa shape index (κ2) is 12.3. The Morgan fingerprint density at radius 2 is 1.56 bits per heavy atom. The number of ether oxygens (including phenoxy) is 2. The molecule has 0 spiro atoms. The Labute approximate surface area is 232 Å². The first-order valence-corrected chi connectivity index (χ1v) is 12.9. The summed E-state index contributed by atoms with van der Waals surface area (Å²) in [4.78, 5) is 12.7. The van der Waals surface area contributed by atoms with Gasteiger partial charge in [-0.15, -0.1) is 0 Å². The summed E-state index contributed by atoms with van der Waals surface area (Å²) in [5.74, 6) is 1.00. The zero-order valence-electron chi connectivity index (χ0n) is 21.4. The minimum atomic E-state index is -0.324. The zero-order chi connectivity index (χ0) is 27.0. The van der Waals surface area contributed by atoms with E-state index in [-0.39, 0.29) is 5.91 Å². The number of hydrogen-bond acceptors (Lipinski definition) is 4. The molecule has 0 unspecified atom stereocenters. The van der Waals surface area contributed by atoms with E-state index in [9.17, 15) is 4.79 Å². The van der Waals surface area contributed by atoms with Gasteiger partial charge < -0.3 is 9.47 Å². The molecule has 6 heteroatoms. The molecule has 0 aromatic heterocycles.